The van der Waals surface area contributed by atoms with E-state index in [-0.39, 0.29) is 21.7 Å². The van der Waals surface area contributed by atoms with Crippen LogP contribution in [0.5, 0.6) is 5.75 Å². The lowest BCUT2D eigenvalue weighted by atomic mass is 10.2. The largest absolute Gasteiger partial charge is 0.497 e. The number of nitrogens with one attached hydrogen (secondary N) is 3. The van der Waals surface area contributed by atoms with Gasteiger partial charge in [0.05, 0.1) is 25.4 Å². The van der Waals surface area contributed by atoms with Gasteiger partial charge in [-0.25, -0.2) is 23.2 Å². The molecular formula is C31H35F2N7O4S. The summed E-state index contributed by atoms with van der Waals surface area (Å²) in [5, 5.41) is 13.2. The van der Waals surface area contributed by atoms with Crippen molar-refractivity contribution in [3.8, 4) is 16.3 Å². The number of thiazole rings is 1. The molecule has 0 bridgehead atoms. The number of nitrogens with zero attached hydrogens (tertiary/aromatic N) is 4. The molecule has 1 atom stereocenters. The third kappa shape index (κ3) is 7.40. The highest BCUT2D eigenvalue weighted by molar-refractivity contribution is 7.19. The SMILES string of the molecule is COc1ccc(Cn2ncc(NC(=O)c3nc(-c4c(F)cccc4F)sc3NC(=O)OC(C)(C)C)c2N2CCNC[C@@H]2C)cc1. The molecule has 1 fully saturated rings. The van der Waals surface area contributed by atoms with Crippen molar-refractivity contribution in [1.29, 1.82) is 0 Å². The average Bonchev–Trinajstić information content (AvgIpc) is 3.56. The fraction of sp³-hybridized carbons (Fsp3) is 0.355. The van der Waals surface area contributed by atoms with Crippen molar-refractivity contribution < 1.29 is 27.8 Å². The van der Waals surface area contributed by atoms with E-state index in [0.717, 1.165) is 47.9 Å². The highest BCUT2D eigenvalue weighted by atomic mass is 32.1. The first kappa shape index (κ1) is 31.9. The molecule has 11 nitrogen and oxygen atoms in total. The van der Waals surface area contributed by atoms with Crippen LogP contribution in [0.1, 0.15) is 43.7 Å². The molecule has 2 aromatic carbocycles. The van der Waals surface area contributed by atoms with Gasteiger partial charge in [-0.1, -0.05) is 29.5 Å². The molecule has 0 radical (unpaired) electrons. The summed E-state index contributed by atoms with van der Waals surface area (Å²) in [5.74, 6) is -0.987. The van der Waals surface area contributed by atoms with Crippen LogP contribution in [0, 0.1) is 11.6 Å². The third-order valence-electron chi connectivity index (χ3n) is 6.96. The maximum Gasteiger partial charge on any atom is 0.412 e. The second-order valence-electron chi connectivity index (χ2n) is 11.5. The number of benzene rings is 2. The van der Waals surface area contributed by atoms with Gasteiger partial charge in [0.25, 0.3) is 5.91 Å². The molecule has 2 amide bonds. The number of hydrogen-bond acceptors (Lipinski definition) is 9. The van der Waals surface area contributed by atoms with Gasteiger partial charge in [0.15, 0.2) is 11.5 Å². The summed E-state index contributed by atoms with van der Waals surface area (Å²) < 4.78 is 41.9. The number of carbonyl (C=O) groups is 2. The maximum atomic E-state index is 14.7. The number of piperazine rings is 1. The van der Waals surface area contributed by atoms with Crippen LogP contribution in [0.25, 0.3) is 10.6 Å². The molecule has 238 valence electrons. The van der Waals surface area contributed by atoms with Crippen LogP contribution in [0.15, 0.2) is 48.7 Å². The summed E-state index contributed by atoms with van der Waals surface area (Å²) in [7, 11) is 1.61. The highest BCUT2D eigenvalue weighted by Gasteiger charge is 2.29. The van der Waals surface area contributed by atoms with Crippen LogP contribution in [0.4, 0.5) is 30.1 Å². The number of aromatic nitrogens is 3. The molecule has 0 aliphatic carbocycles. The third-order valence-corrected chi connectivity index (χ3v) is 7.95. The van der Waals surface area contributed by atoms with Gasteiger partial charge in [0.2, 0.25) is 0 Å². The first-order chi connectivity index (χ1) is 21.4. The molecule has 1 aliphatic rings. The zero-order valence-corrected chi connectivity index (χ0v) is 26.4. The minimum absolute atomic E-state index is 0.0258. The predicted molar refractivity (Wildman–Crippen MR) is 169 cm³/mol. The Morgan fingerprint density at radius 2 is 1.82 bits per heavy atom. The lowest BCUT2D eigenvalue weighted by molar-refractivity contribution is 0.0636. The molecule has 3 N–H and O–H groups in total. The van der Waals surface area contributed by atoms with Gasteiger partial charge in [-0.15, -0.1) is 0 Å². The fourth-order valence-corrected chi connectivity index (χ4v) is 5.89. The van der Waals surface area contributed by atoms with E-state index in [0.29, 0.717) is 24.6 Å². The van der Waals surface area contributed by atoms with E-state index in [1.807, 2.05) is 24.3 Å². The van der Waals surface area contributed by atoms with Crippen molar-refractivity contribution in [3.63, 3.8) is 0 Å². The summed E-state index contributed by atoms with van der Waals surface area (Å²) in [5.41, 5.74) is -0.0784. The van der Waals surface area contributed by atoms with Crippen LogP contribution in [0.2, 0.25) is 0 Å². The molecule has 0 saturated carbocycles. The van der Waals surface area contributed by atoms with Crippen LogP contribution < -0.4 is 25.6 Å². The molecular weight excluding hydrogens is 604 g/mol. The summed E-state index contributed by atoms with van der Waals surface area (Å²) in [6, 6.07) is 11.1. The van der Waals surface area contributed by atoms with E-state index in [9.17, 15) is 18.4 Å². The zero-order chi connectivity index (χ0) is 32.3. The first-order valence-electron chi connectivity index (χ1n) is 14.4. The van der Waals surface area contributed by atoms with E-state index in [1.54, 1.807) is 38.8 Å². The van der Waals surface area contributed by atoms with E-state index in [2.05, 4.69) is 37.9 Å². The van der Waals surface area contributed by atoms with Gasteiger partial charge in [-0.2, -0.15) is 5.10 Å². The Labute approximate surface area is 263 Å². The highest BCUT2D eigenvalue weighted by Crippen LogP contribution is 2.37. The van der Waals surface area contributed by atoms with Crippen molar-refractivity contribution in [2.24, 2.45) is 0 Å². The Morgan fingerprint density at radius 3 is 2.47 bits per heavy atom. The van der Waals surface area contributed by atoms with Crippen molar-refractivity contribution in [1.82, 2.24) is 20.1 Å². The van der Waals surface area contributed by atoms with Crippen LogP contribution in [-0.2, 0) is 11.3 Å². The summed E-state index contributed by atoms with van der Waals surface area (Å²) in [4.78, 5) is 33.0. The molecule has 2 aromatic heterocycles. The Kier molecular flexibility index (Phi) is 9.34. The van der Waals surface area contributed by atoms with E-state index in [1.165, 1.54) is 6.07 Å². The quantitative estimate of drug-likeness (QED) is 0.223. The molecule has 45 heavy (non-hydrogen) atoms. The maximum absolute atomic E-state index is 14.7. The standard InChI is InChI=1S/C31H35F2N7O4S/c1-18-15-34-13-14-39(18)29-23(16-35-40(29)17-19-9-11-20(43-5)12-10-19)36-26(41)25-28(38-30(42)44-31(2,3)4)45-27(37-25)24-21(32)7-6-8-22(24)33/h6-12,16,18,34H,13-15,17H2,1-5H3,(H,36,41)(H,38,42)/t18-/m0/s1. The molecule has 14 heteroatoms. The Balaban J connectivity index is 1.51. The predicted octanol–water partition coefficient (Wildman–Crippen LogP) is 5.74. The summed E-state index contributed by atoms with van der Waals surface area (Å²) >= 11 is 0.763. The Morgan fingerprint density at radius 1 is 1.11 bits per heavy atom. The second-order valence-corrected chi connectivity index (χ2v) is 12.5. The number of anilines is 3. The van der Waals surface area contributed by atoms with E-state index < -0.39 is 34.8 Å². The topological polar surface area (TPSA) is 123 Å². The van der Waals surface area contributed by atoms with Gasteiger partial charge in [0.1, 0.15) is 38.7 Å². The van der Waals surface area contributed by atoms with Crippen molar-refractivity contribution in [3.05, 3.63) is 71.6 Å². The molecule has 3 heterocycles. The van der Waals surface area contributed by atoms with Gasteiger partial charge in [-0.05, 0) is 57.5 Å². The molecule has 0 unspecified atom stereocenters. The zero-order valence-electron chi connectivity index (χ0n) is 25.6. The van der Waals surface area contributed by atoms with Gasteiger partial charge in [-0.3, -0.25) is 10.1 Å². The normalized spacial score (nSPS) is 15.1. The number of hydrogen-bond donors (Lipinski definition) is 3. The minimum Gasteiger partial charge on any atom is -0.497 e. The second kappa shape index (κ2) is 13.2. The lowest BCUT2D eigenvalue weighted by Crippen LogP contribution is -2.50. The lowest BCUT2D eigenvalue weighted by Gasteiger charge is -2.36. The minimum atomic E-state index is -0.852. The molecule has 4 aromatic rings. The first-order valence-corrected chi connectivity index (χ1v) is 15.2. The number of halogens is 2. The van der Waals surface area contributed by atoms with Crippen LogP contribution in [0.3, 0.4) is 0 Å². The van der Waals surface area contributed by atoms with Crippen LogP contribution in [-0.4, -0.2) is 65.2 Å². The van der Waals surface area contributed by atoms with Crippen molar-refractivity contribution in [2.45, 2.75) is 45.9 Å². The Hall–Kier alpha value is -4.56. The fourth-order valence-electron chi connectivity index (χ4n) is 4.89. The molecule has 0 spiro atoms. The smallest absolute Gasteiger partial charge is 0.412 e. The number of amides is 2. The van der Waals surface area contributed by atoms with Gasteiger partial charge >= 0.3 is 6.09 Å². The van der Waals surface area contributed by atoms with E-state index >= 15 is 0 Å². The van der Waals surface area contributed by atoms with Crippen LogP contribution >= 0.6 is 11.3 Å². The molecule has 1 saturated heterocycles. The molecule has 1 aliphatic heterocycles. The monoisotopic (exact) mass is 639 g/mol. The van der Waals surface area contributed by atoms with Crippen molar-refractivity contribution >= 4 is 39.8 Å². The summed E-state index contributed by atoms with van der Waals surface area (Å²) in [6.45, 7) is 9.69. The number of methoxy groups -OCH3 is 1. The number of carbonyl (C=O) groups excluding carboxylic acids is 2. The van der Waals surface area contributed by atoms with E-state index in [4.69, 9.17) is 9.47 Å². The van der Waals surface area contributed by atoms with Gasteiger partial charge in [0, 0.05) is 25.7 Å². The summed E-state index contributed by atoms with van der Waals surface area (Å²) in [6.07, 6.45) is 0.708. The number of rotatable bonds is 8. The number of ether oxygens (including phenoxy) is 2. The van der Waals surface area contributed by atoms with Gasteiger partial charge < -0.3 is 25.0 Å². The molecule has 5 rings (SSSR count). The Bertz CT molecular complexity index is 1660. The van der Waals surface area contributed by atoms with Crippen molar-refractivity contribution in [2.75, 3.05) is 42.3 Å². The average molecular weight is 640 g/mol.